The molecule has 1 aromatic heterocycles. The molecule has 1 heterocycles. The van der Waals surface area contributed by atoms with Crippen molar-refractivity contribution in [2.75, 3.05) is 14.2 Å². The number of ketones is 1. The van der Waals surface area contributed by atoms with Crippen LogP contribution in [0.3, 0.4) is 0 Å². The fourth-order valence-electron chi connectivity index (χ4n) is 2.15. The zero-order valence-electron chi connectivity index (χ0n) is 10.1. The molecule has 1 aliphatic rings. The van der Waals surface area contributed by atoms with Gasteiger partial charge in [-0.1, -0.05) is 12.8 Å². The average molecular weight is 236 g/mol. The second-order valence-electron chi connectivity index (χ2n) is 4.12. The fraction of sp³-hybridized carbons (Fsp3) is 0.583. The van der Waals surface area contributed by atoms with Gasteiger partial charge in [-0.25, -0.2) is 4.98 Å². The summed E-state index contributed by atoms with van der Waals surface area (Å²) in [5.74, 6) is 0.715. The van der Waals surface area contributed by atoms with Crippen molar-refractivity contribution in [3.05, 3.63) is 11.9 Å². The van der Waals surface area contributed by atoms with Gasteiger partial charge < -0.3 is 9.47 Å². The van der Waals surface area contributed by atoms with Gasteiger partial charge >= 0.3 is 0 Å². The molecule has 0 aromatic carbocycles. The lowest BCUT2D eigenvalue weighted by molar-refractivity contribution is 0.0913. The summed E-state index contributed by atoms with van der Waals surface area (Å²) >= 11 is 0. The van der Waals surface area contributed by atoms with Crippen LogP contribution in [0.15, 0.2) is 6.20 Å². The quantitative estimate of drug-likeness (QED) is 0.747. The number of carbonyl (C=O) groups excluding carboxylic acids is 1. The van der Waals surface area contributed by atoms with Gasteiger partial charge in [-0.05, 0) is 12.8 Å². The maximum atomic E-state index is 12.2. The first-order valence-electron chi connectivity index (χ1n) is 5.75. The molecular formula is C12H16N2O3. The van der Waals surface area contributed by atoms with Crippen molar-refractivity contribution < 1.29 is 14.3 Å². The number of ether oxygens (including phenoxy) is 2. The zero-order chi connectivity index (χ0) is 12.3. The predicted molar refractivity (Wildman–Crippen MR) is 61.4 cm³/mol. The molecule has 1 aliphatic carbocycles. The lowest BCUT2D eigenvalue weighted by atomic mass is 10.0. The minimum absolute atomic E-state index is 0.0366. The molecule has 5 heteroatoms. The minimum atomic E-state index is 0.0366. The summed E-state index contributed by atoms with van der Waals surface area (Å²) < 4.78 is 10.0. The van der Waals surface area contributed by atoms with E-state index in [2.05, 4.69) is 9.97 Å². The van der Waals surface area contributed by atoms with Crippen molar-refractivity contribution in [2.24, 2.45) is 5.92 Å². The van der Waals surface area contributed by atoms with E-state index in [1.54, 1.807) is 0 Å². The van der Waals surface area contributed by atoms with Crippen LogP contribution < -0.4 is 9.47 Å². The molecule has 0 spiro atoms. The number of aromatic nitrogens is 2. The Hall–Kier alpha value is -1.65. The molecule has 0 aliphatic heterocycles. The van der Waals surface area contributed by atoms with Crippen LogP contribution in [0.2, 0.25) is 0 Å². The Morgan fingerprint density at radius 1 is 1.29 bits per heavy atom. The Balaban J connectivity index is 2.27. The molecule has 17 heavy (non-hydrogen) atoms. The normalized spacial score (nSPS) is 15.9. The minimum Gasteiger partial charge on any atom is -0.480 e. The molecular weight excluding hydrogens is 220 g/mol. The Kier molecular flexibility index (Phi) is 3.56. The van der Waals surface area contributed by atoms with Crippen LogP contribution in [0, 0.1) is 5.92 Å². The van der Waals surface area contributed by atoms with Crippen LogP contribution in [0.5, 0.6) is 11.8 Å². The van der Waals surface area contributed by atoms with Crippen molar-refractivity contribution in [2.45, 2.75) is 25.7 Å². The molecule has 1 saturated carbocycles. The maximum absolute atomic E-state index is 12.2. The van der Waals surface area contributed by atoms with Gasteiger partial charge in [-0.15, -0.1) is 0 Å². The van der Waals surface area contributed by atoms with E-state index in [9.17, 15) is 4.79 Å². The van der Waals surface area contributed by atoms with Gasteiger partial charge in [0.15, 0.2) is 11.5 Å². The topological polar surface area (TPSA) is 61.3 Å². The molecule has 0 amide bonds. The van der Waals surface area contributed by atoms with E-state index in [0.29, 0.717) is 11.6 Å². The van der Waals surface area contributed by atoms with Gasteiger partial charge in [0.25, 0.3) is 0 Å². The molecule has 0 saturated heterocycles. The highest BCUT2D eigenvalue weighted by atomic mass is 16.5. The Labute approximate surface area is 100 Å². The second-order valence-corrected chi connectivity index (χ2v) is 4.12. The zero-order valence-corrected chi connectivity index (χ0v) is 10.1. The molecule has 0 bridgehead atoms. The first kappa shape index (κ1) is 11.8. The van der Waals surface area contributed by atoms with Gasteiger partial charge in [0, 0.05) is 5.92 Å². The summed E-state index contributed by atoms with van der Waals surface area (Å²) in [5, 5.41) is 0. The predicted octanol–water partition coefficient (Wildman–Crippen LogP) is 1.87. The van der Waals surface area contributed by atoms with E-state index in [0.717, 1.165) is 25.7 Å². The summed E-state index contributed by atoms with van der Waals surface area (Å²) in [4.78, 5) is 20.4. The van der Waals surface area contributed by atoms with Crippen molar-refractivity contribution in [3.63, 3.8) is 0 Å². The summed E-state index contributed by atoms with van der Waals surface area (Å²) in [5.41, 5.74) is 0.320. The standard InChI is InChI=1S/C12H16N2O3/c1-16-9-7-13-10(12(14-9)17-2)11(15)8-5-3-4-6-8/h7-8H,3-6H2,1-2H3. The molecule has 0 N–H and O–H groups in total. The Morgan fingerprint density at radius 3 is 2.59 bits per heavy atom. The van der Waals surface area contributed by atoms with Crippen LogP contribution in [0.1, 0.15) is 36.2 Å². The monoisotopic (exact) mass is 236 g/mol. The van der Waals surface area contributed by atoms with Crippen molar-refractivity contribution in [1.82, 2.24) is 9.97 Å². The first-order valence-corrected chi connectivity index (χ1v) is 5.75. The molecule has 0 radical (unpaired) electrons. The third-order valence-electron chi connectivity index (χ3n) is 3.08. The van der Waals surface area contributed by atoms with Crippen LogP contribution in [0.25, 0.3) is 0 Å². The van der Waals surface area contributed by atoms with E-state index in [4.69, 9.17) is 9.47 Å². The molecule has 0 atom stereocenters. The van der Waals surface area contributed by atoms with Crippen LogP contribution in [-0.4, -0.2) is 30.0 Å². The van der Waals surface area contributed by atoms with Crippen LogP contribution in [-0.2, 0) is 0 Å². The van der Waals surface area contributed by atoms with Gasteiger partial charge in [-0.2, -0.15) is 4.98 Å². The van der Waals surface area contributed by atoms with Crippen molar-refractivity contribution in [1.29, 1.82) is 0 Å². The summed E-state index contributed by atoms with van der Waals surface area (Å²) in [6.45, 7) is 0. The van der Waals surface area contributed by atoms with Crippen LogP contribution >= 0.6 is 0 Å². The van der Waals surface area contributed by atoms with E-state index >= 15 is 0 Å². The lowest BCUT2D eigenvalue weighted by Gasteiger charge is -2.10. The molecule has 1 aromatic rings. The van der Waals surface area contributed by atoms with E-state index in [1.807, 2.05) is 0 Å². The van der Waals surface area contributed by atoms with Crippen LogP contribution in [0.4, 0.5) is 0 Å². The Morgan fingerprint density at radius 2 is 2.00 bits per heavy atom. The largest absolute Gasteiger partial charge is 0.480 e. The first-order chi connectivity index (χ1) is 8.26. The smallest absolute Gasteiger partial charge is 0.246 e. The van der Waals surface area contributed by atoms with Gasteiger partial charge in [0.05, 0.1) is 20.4 Å². The maximum Gasteiger partial charge on any atom is 0.246 e. The van der Waals surface area contributed by atoms with Crippen molar-refractivity contribution >= 4 is 5.78 Å². The third kappa shape index (κ3) is 2.38. The number of methoxy groups -OCH3 is 2. The number of nitrogens with zero attached hydrogens (tertiary/aromatic N) is 2. The highest BCUT2D eigenvalue weighted by Crippen LogP contribution is 2.30. The van der Waals surface area contributed by atoms with E-state index in [1.165, 1.54) is 20.4 Å². The molecule has 5 nitrogen and oxygen atoms in total. The van der Waals surface area contributed by atoms with Crippen molar-refractivity contribution in [3.8, 4) is 11.8 Å². The summed E-state index contributed by atoms with van der Waals surface area (Å²) in [6.07, 6.45) is 5.56. The second kappa shape index (κ2) is 5.12. The highest BCUT2D eigenvalue weighted by molar-refractivity contribution is 5.98. The molecule has 1 fully saturated rings. The SMILES string of the molecule is COc1cnc(C(=O)C2CCCC2)c(OC)n1. The fourth-order valence-corrected chi connectivity index (χ4v) is 2.15. The molecule has 2 rings (SSSR count). The van der Waals surface area contributed by atoms with E-state index in [-0.39, 0.29) is 17.6 Å². The lowest BCUT2D eigenvalue weighted by Crippen LogP contribution is -2.15. The summed E-state index contributed by atoms with van der Waals surface area (Å²) in [6, 6.07) is 0. The third-order valence-corrected chi connectivity index (χ3v) is 3.08. The number of hydrogen-bond donors (Lipinski definition) is 0. The number of hydrogen-bond acceptors (Lipinski definition) is 5. The van der Waals surface area contributed by atoms with E-state index < -0.39 is 0 Å². The number of rotatable bonds is 4. The number of carbonyl (C=O) groups is 1. The highest BCUT2D eigenvalue weighted by Gasteiger charge is 2.28. The van der Waals surface area contributed by atoms with Gasteiger partial charge in [-0.3, -0.25) is 4.79 Å². The van der Waals surface area contributed by atoms with Gasteiger partial charge in [0.2, 0.25) is 11.8 Å². The molecule has 92 valence electrons. The Bertz CT molecular complexity index is 414. The molecule has 0 unspecified atom stereocenters. The summed E-state index contributed by atoms with van der Waals surface area (Å²) in [7, 11) is 2.98. The van der Waals surface area contributed by atoms with Gasteiger partial charge in [0.1, 0.15) is 0 Å². The number of Topliss-reactive ketones (excluding diaryl/α,β-unsaturated/α-hetero) is 1. The average Bonchev–Trinajstić information content (AvgIpc) is 2.91.